The molecule has 1 radical (unpaired) electrons. The molecule has 0 heteroatoms. The molecular weight excluding hydrogens is 168 g/mol. The molecule has 0 unspecified atom stereocenters. The Kier molecular flexibility index (Phi) is 6.74. The van der Waals surface area contributed by atoms with Crippen molar-refractivity contribution in [3.05, 3.63) is 48.6 Å². The zero-order valence-electron chi connectivity index (χ0n) is 8.78. The van der Waals surface area contributed by atoms with Crippen molar-refractivity contribution in [2.75, 3.05) is 0 Å². The summed E-state index contributed by atoms with van der Waals surface area (Å²) >= 11 is 0. The monoisotopic (exact) mass is 187 g/mol. The van der Waals surface area contributed by atoms with Gasteiger partial charge in [-0.1, -0.05) is 42.5 Å². The van der Waals surface area contributed by atoms with Crippen molar-refractivity contribution in [2.45, 2.75) is 38.5 Å². The Morgan fingerprint density at radius 3 is 2.29 bits per heavy atom. The Morgan fingerprint density at radius 1 is 0.714 bits per heavy atom. The van der Waals surface area contributed by atoms with E-state index in [9.17, 15) is 0 Å². The molecule has 0 aromatic carbocycles. The molecule has 0 saturated carbocycles. The summed E-state index contributed by atoms with van der Waals surface area (Å²) in [6.45, 7) is 0. The third-order valence-electron chi connectivity index (χ3n) is 2.14. The van der Waals surface area contributed by atoms with Crippen LogP contribution in [0.5, 0.6) is 0 Å². The normalized spacial score (nSPS) is 28.6. The zero-order valence-corrected chi connectivity index (χ0v) is 8.78. The quantitative estimate of drug-likeness (QED) is 0.494. The van der Waals surface area contributed by atoms with Crippen molar-refractivity contribution >= 4 is 0 Å². The van der Waals surface area contributed by atoms with Crippen LogP contribution in [0.25, 0.3) is 0 Å². The number of hydrogen-bond donors (Lipinski definition) is 0. The molecule has 14 heavy (non-hydrogen) atoms. The third kappa shape index (κ3) is 6.47. The minimum atomic E-state index is 0.962. The highest BCUT2D eigenvalue weighted by Gasteiger charge is 1.81. The molecule has 0 heterocycles. The predicted octanol–water partition coefficient (Wildman–Crippen LogP) is 4.37. The van der Waals surface area contributed by atoms with Crippen molar-refractivity contribution < 1.29 is 0 Å². The molecule has 1 aliphatic carbocycles. The van der Waals surface area contributed by atoms with Gasteiger partial charge < -0.3 is 0 Å². The summed E-state index contributed by atoms with van der Waals surface area (Å²) in [5, 5.41) is 0. The van der Waals surface area contributed by atoms with Crippen LogP contribution in [0.1, 0.15) is 38.5 Å². The Balaban J connectivity index is 2.34. The summed E-state index contributed by atoms with van der Waals surface area (Å²) < 4.78 is 0. The van der Waals surface area contributed by atoms with E-state index in [2.05, 4.69) is 48.6 Å². The van der Waals surface area contributed by atoms with Gasteiger partial charge in [0.05, 0.1) is 0 Å². The van der Waals surface area contributed by atoms with E-state index in [0.717, 1.165) is 25.7 Å². The topological polar surface area (TPSA) is 0 Å². The lowest BCUT2D eigenvalue weighted by atomic mass is 10.2. The van der Waals surface area contributed by atoms with E-state index >= 15 is 0 Å². The van der Waals surface area contributed by atoms with Crippen LogP contribution in [-0.2, 0) is 0 Å². The molecule has 0 spiro atoms. The van der Waals surface area contributed by atoms with Crippen molar-refractivity contribution in [3.8, 4) is 0 Å². The molecule has 0 amide bonds. The molecule has 0 nitrogen and oxygen atoms in total. The summed E-state index contributed by atoms with van der Waals surface area (Å²) in [6.07, 6.45) is 25.5. The van der Waals surface area contributed by atoms with Gasteiger partial charge in [-0.2, -0.15) is 0 Å². The van der Waals surface area contributed by atoms with Crippen LogP contribution in [0.3, 0.4) is 0 Å². The van der Waals surface area contributed by atoms with Gasteiger partial charge in [0.25, 0.3) is 0 Å². The second-order valence-electron chi connectivity index (χ2n) is 3.43. The fourth-order valence-corrected chi connectivity index (χ4v) is 1.33. The van der Waals surface area contributed by atoms with Gasteiger partial charge in [-0.25, -0.2) is 0 Å². The molecule has 75 valence electrons. The van der Waals surface area contributed by atoms with Gasteiger partial charge in [-0.3, -0.25) is 0 Å². The highest BCUT2D eigenvalue weighted by Crippen LogP contribution is 2.01. The Labute approximate surface area is 87.7 Å². The predicted molar refractivity (Wildman–Crippen MR) is 62.9 cm³/mol. The maximum atomic E-state index is 3.28. The molecule has 0 aromatic heterocycles. The summed E-state index contributed by atoms with van der Waals surface area (Å²) in [5.41, 5.74) is 0. The second-order valence-corrected chi connectivity index (χ2v) is 3.43. The first-order chi connectivity index (χ1) is 7.00. The largest absolute Gasteiger partial charge is 0.0882 e. The minimum Gasteiger partial charge on any atom is -0.0882 e. The molecule has 1 rings (SSSR count). The first kappa shape index (κ1) is 11.0. The van der Waals surface area contributed by atoms with Gasteiger partial charge in [0.1, 0.15) is 0 Å². The van der Waals surface area contributed by atoms with Gasteiger partial charge >= 0.3 is 0 Å². The molecular formula is C14H19. The maximum absolute atomic E-state index is 3.28. The minimum absolute atomic E-state index is 0.962. The van der Waals surface area contributed by atoms with E-state index < -0.39 is 0 Å². The van der Waals surface area contributed by atoms with Crippen LogP contribution in [0.4, 0.5) is 0 Å². The maximum Gasteiger partial charge on any atom is -0.00978 e. The Bertz CT molecular complexity index is 204. The van der Waals surface area contributed by atoms with Gasteiger partial charge in [0.2, 0.25) is 0 Å². The van der Waals surface area contributed by atoms with Crippen LogP contribution >= 0.6 is 0 Å². The van der Waals surface area contributed by atoms with Crippen molar-refractivity contribution in [3.63, 3.8) is 0 Å². The molecule has 0 N–H and O–H groups in total. The third-order valence-corrected chi connectivity index (χ3v) is 2.14. The summed E-state index contributed by atoms with van der Waals surface area (Å²) in [5.74, 6) is 0. The fraction of sp³-hybridized carbons (Fsp3) is 0.429. The Morgan fingerprint density at radius 2 is 1.43 bits per heavy atom. The summed E-state index contributed by atoms with van der Waals surface area (Å²) in [4.78, 5) is 0. The molecule has 0 aromatic rings. The van der Waals surface area contributed by atoms with E-state index in [1.165, 1.54) is 12.8 Å². The SMILES string of the molecule is [C]1=C/CCC/C=C\C/C=C/C/C=C/C/1. The van der Waals surface area contributed by atoms with Gasteiger partial charge in [-0.05, 0) is 44.6 Å². The number of hydrogen-bond acceptors (Lipinski definition) is 0. The molecule has 1 aliphatic rings. The van der Waals surface area contributed by atoms with Gasteiger partial charge in [0.15, 0.2) is 0 Å². The average molecular weight is 187 g/mol. The lowest BCUT2D eigenvalue weighted by Crippen LogP contribution is -1.71. The average Bonchev–Trinajstić information content (AvgIpc) is 2.22. The Hall–Kier alpha value is -1.04. The number of allylic oxidation sites excluding steroid dienone is 8. The molecule has 0 fully saturated rings. The van der Waals surface area contributed by atoms with Crippen molar-refractivity contribution in [1.82, 2.24) is 0 Å². The smallest absolute Gasteiger partial charge is 0.00978 e. The fourth-order valence-electron chi connectivity index (χ4n) is 1.33. The molecule has 0 bridgehead atoms. The van der Waals surface area contributed by atoms with E-state index in [1.54, 1.807) is 0 Å². The van der Waals surface area contributed by atoms with E-state index in [0.29, 0.717) is 0 Å². The van der Waals surface area contributed by atoms with Crippen LogP contribution in [0, 0.1) is 6.08 Å². The van der Waals surface area contributed by atoms with Crippen LogP contribution < -0.4 is 0 Å². The van der Waals surface area contributed by atoms with Crippen molar-refractivity contribution in [2.24, 2.45) is 0 Å². The van der Waals surface area contributed by atoms with Gasteiger partial charge in [0, 0.05) is 0 Å². The molecule has 0 aliphatic heterocycles. The number of rotatable bonds is 0. The zero-order chi connectivity index (χ0) is 9.90. The summed E-state index contributed by atoms with van der Waals surface area (Å²) in [6, 6.07) is 0. The highest BCUT2D eigenvalue weighted by atomic mass is 13.9. The van der Waals surface area contributed by atoms with Crippen LogP contribution in [0.15, 0.2) is 42.5 Å². The van der Waals surface area contributed by atoms with Crippen molar-refractivity contribution in [1.29, 1.82) is 0 Å². The lowest BCUT2D eigenvalue weighted by Gasteiger charge is -1.91. The standard InChI is InChI=1S/C14H19/c1-2-4-6-8-10-12-14-13-11-9-7-5-3-1/h1-2,5-8,14H,3-4,9-11,13H2/b2-1+,7-5-,8-6+,14-12?. The first-order valence-electron chi connectivity index (χ1n) is 5.50. The summed E-state index contributed by atoms with van der Waals surface area (Å²) in [7, 11) is 0. The van der Waals surface area contributed by atoms with E-state index in [-0.39, 0.29) is 0 Å². The molecule has 0 saturated heterocycles. The molecule has 0 atom stereocenters. The second kappa shape index (κ2) is 8.55. The van der Waals surface area contributed by atoms with Gasteiger partial charge in [-0.15, -0.1) is 0 Å². The van der Waals surface area contributed by atoms with Crippen LogP contribution in [0.2, 0.25) is 0 Å². The lowest BCUT2D eigenvalue weighted by molar-refractivity contribution is 0.861. The first-order valence-corrected chi connectivity index (χ1v) is 5.50. The highest BCUT2D eigenvalue weighted by molar-refractivity contribution is 4.98. The van der Waals surface area contributed by atoms with E-state index in [4.69, 9.17) is 0 Å². The van der Waals surface area contributed by atoms with E-state index in [1.807, 2.05) is 0 Å². The van der Waals surface area contributed by atoms with Crippen LogP contribution in [-0.4, -0.2) is 0 Å².